The smallest absolute Gasteiger partial charge is 0.245 e. The maximum Gasteiger partial charge on any atom is 0.245 e. The summed E-state index contributed by atoms with van der Waals surface area (Å²) in [6, 6.07) is 15.5. The van der Waals surface area contributed by atoms with E-state index in [1.807, 2.05) is 48.9 Å². The Morgan fingerprint density at radius 1 is 1.09 bits per heavy atom. The number of halogens is 1. The number of rotatable bonds is 7. The van der Waals surface area contributed by atoms with Crippen LogP contribution in [0.5, 0.6) is 0 Å². The van der Waals surface area contributed by atoms with Crippen molar-refractivity contribution in [3.8, 4) is 5.69 Å². The van der Waals surface area contributed by atoms with Gasteiger partial charge in [0.2, 0.25) is 15.9 Å². The number of aryl methyl sites for hydroxylation is 2. The van der Waals surface area contributed by atoms with Crippen LogP contribution in [0.3, 0.4) is 0 Å². The van der Waals surface area contributed by atoms with Gasteiger partial charge < -0.3 is 5.32 Å². The van der Waals surface area contributed by atoms with Crippen LogP contribution in [-0.4, -0.2) is 48.0 Å². The average molecular weight is 485 g/mol. The highest BCUT2D eigenvalue weighted by molar-refractivity contribution is 7.89. The fourth-order valence-electron chi connectivity index (χ4n) is 4.32. The summed E-state index contributed by atoms with van der Waals surface area (Å²) in [7, 11) is -3.90. The molecule has 34 heavy (non-hydrogen) atoms. The molecule has 1 aromatic heterocycles. The van der Waals surface area contributed by atoms with Gasteiger partial charge in [-0.25, -0.2) is 17.5 Å². The van der Waals surface area contributed by atoms with Crippen molar-refractivity contribution < 1.29 is 17.6 Å². The first-order valence-electron chi connectivity index (χ1n) is 11.4. The van der Waals surface area contributed by atoms with Gasteiger partial charge in [0.05, 0.1) is 11.4 Å². The van der Waals surface area contributed by atoms with Crippen LogP contribution in [0.1, 0.15) is 29.8 Å². The molecule has 1 fully saturated rings. The van der Waals surface area contributed by atoms with E-state index in [0.717, 1.165) is 28.7 Å². The molecule has 4 rings (SSSR count). The molecule has 180 valence electrons. The highest BCUT2D eigenvalue weighted by atomic mass is 32.2. The summed E-state index contributed by atoms with van der Waals surface area (Å²) >= 11 is 0. The normalized spacial score (nSPS) is 15.4. The molecular weight excluding hydrogens is 455 g/mol. The number of carbonyl (C=O) groups excluding carboxylic acids is 1. The number of nitrogens with one attached hydrogen (secondary N) is 1. The van der Waals surface area contributed by atoms with Crippen LogP contribution in [0.4, 0.5) is 4.39 Å². The minimum Gasteiger partial charge on any atom is -0.356 e. The SMILES string of the molecule is Cc1cc(C)n(-c2ccc(CCNC(=O)C3CCN(S(=O)(=O)c4ccccc4F)CC3)cc2)n1. The molecule has 0 unspecified atom stereocenters. The van der Waals surface area contributed by atoms with E-state index in [-0.39, 0.29) is 29.8 Å². The number of nitrogens with zero attached hydrogens (tertiary/aromatic N) is 3. The number of hydrogen-bond acceptors (Lipinski definition) is 4. The van der Waals surface area contributed by atoms with Crippen molar-refractivity contribution in [1.29, 1.82) is 0 Å². The standard InChI is InChI=1S/C25H29FN4O3S/c1-18-17-19(2)30(28-18)22-9-7-20(8-10-22)11-14-27-25(31)21-12-15-29(16-13-21)34(32,33)24-6-4-3-5-23(24)26/h3-10,17,21H,11-16H2,1-2H3,(H,27,31). The van der Waals surface area contributed by atoms with Gasteiger partial charge >= 0.3 is 0 Å². The second-order valence-corrected chi connectivity index (χ2v) is 10.6. The van der Waals surface area contributed by atoms with Crippen molar-refractivity contribution >= 4 is 15.9 Å². The second-order valence-electron chi connectivity index (χ2n) is 8.66. The molecule has 1 aliphatic rings. The molecule has 0 spiro atoms. The van der Waals surface area contributed by atoms with Crippen LogP contribution in [-0.2, 0) is 21.2 Å². The van der Waals surface area contributed by atoms with E-state index in [2.05, 4.69) is 10.4 Å². The Kier molecular flexibility index (Phi) is 7.13. The minimum atomic E-state index is -3.90. The fraction of sp³-hybridized carbons (Fsp3) is 0.360. The summed E-state index contributed by atoms with van der Waals surface area (Å²) in [6.07, 6.45) is 1.53. The van der Waals surface area contributed by atoms with Crippen molar-refractivity contribution in [2.75, 3.05) is 19.6 Å². The molecule has 1 saturated heterocycles. The van der Waals surface area contributed by atoms with Crippen LogP contribution in [0.2, 0.25) is 0 Å². The monoisotopic (exact) mass is 484 g/mol. The first-order chi connectivity index (χ1) is 16.3. The molecule has 2 aromatic carbocycles. The number of hydrogen-bond donors (Lipinski definition) is 1. The van der Waals surface area contributed by atoms with Crippen molar-refractivity contribution in [3.05, 3.63) is 77.4 Å². The van der Waals surface area contributed by atoms with Gasteiger partial charge in [0.15, 0.2) is 0 Å². The summed E-state index contributed by atoms with van der Waals surface area (Å²) < 4.78 is 42.6. The second kappa shape index (κ2) is 10.1. The van der Waals surface area contributed by atoms with E-state index < -0.39 is 15.8 Å². The molecule has 9 heteroatoms. The third-order valence-electron chi connectivity index (χ3n) is 6.18. The van der Waals surface area contributed by atoms with Gasteiger partial charge in [-0.1, -0.05) is 24.3 Å². The van der Waals surface area contributed by atoms with Gasteiger partial charge in [0.25, 0.3) is 0 Å². The average Bonchev–Trinajstić information content (AvgIpc) is 3.17. The predicted molar refractivity (Wildman–Crippen MR) is 128 cm³/mol. The van der Waals surface area contributed by atoms with Crippen molar-refractivity contribution in [2.45, 2.75) is 38.0 Å². The molecule has 0 saturated carbocycles. The maximum atomic E-state index is 14.0. The largest absolute Gasteiger partial charge is 0.356 e. The topological polar surface area (TPSA) is 84.3 Å². The van der Waals surface area contributed by atoms with Crippen LogP contribution in [0.15, 0.2) is 59.5 Å². The van der Waals surface area contributed by atoms with E-state index in [1.54, 1.807) is 0 Å². The molecular formula is C25H29FN4O3S. The summed E-state index contributed by atoms with van der Waals surface area (Å²) in [5.41, 5.74) is 4.15. The van der Waals surface area contributed by atoms with Crippen LogP contribution >= 0.6 is 0 Å². The number of aromatic nitrogens is 2. The number of carbonyl (C=O) groups is 1. The van der Waals surface area contributed by atoms with Gasteiger partial charge in [-0.15, -0.1) is 0 Å². The molecule has 2 heterocycles. The lowest BCUT2D eigenvalue weighted by molar-refractivity contribution is -0.126. The highest BCUT2D eigenvalue weighted by Crippen LogP contribution is 2.25. The van der Waals surface area contributed by atoms with Crippen LogP contribution in [0, 0.1) is 25.6 Å². The predicted octanol–water partition coefficient (Wildman–Crippen LogP) is 3.39. The van der Waals surface area contributed by atoms with Crippen molar-refractivity contribution in [2.24, 2.45) is 5.92 Å². The summed E-state index contributed by atoms with van der Waals surface area (Å²) in [4.78, 5) is 12.3. The van der Waals surface area contributed by atoms with Crippen molar-refractivity contribution in [1.82, 2.24) is 19.4 Å². The van der Waals surface area contributed by atoms with Crippen LogP contribution < -0.4 is 5.32 Å². The Labute approximate surface area is 199 Å². The lowest BCUT2D eigenvalue weighted by Gasteiger charge is -2.30. The summed E-state index contributed by atoms with van der Waals surface area (Å²) in [5, 5.41) is 7.46. The molecule has 1 amide bonds. The molecule has 0 aliphatic carbocycles. The molecule has 0 atom stereocenters. The Bertz CT molecular complexity index is 1260. The lowest BCUT2D eigenvalue weighted by Crippen LogP contribution is -2.43. The zero-order valence-corrected chi connectivity index (χ0v) is 20.2. The van der Waals surface area contributed by atoms with E-state index in [4.69, 9.17) is 0 Å². The van der Waals surface area contributed by atoms with Crippen molar-refractivity contribution in [3.63, 3.8) is 0 Å². The minimum absolute atomic E-state index is 0.0674. The number of piperidine rings is 1. The van der Waals surface area contributed by atoms with E-state index >= 15 is 0 Å². The third kappa shape index (κ3) is 5.20. The van der Waals surface area contributed by atoms with Gasteiger partial charge in [0.1, 0.15) is 10.7 Å². The Hall–Kier alpha value is -3.04. The lowest BCUT2D eigenvalue weighted by atomic mass is 9.97. The maximum absolute atomic E-state index is 14.0. The Morgan fingerprint density at radius 2 is 1.76 bits per heavy atom. The highest BCUT2D eigenvalue weighted by Gasteiger charge is 2.33. The van der Waals surface area contributed by atoms with Gasteiger partial charge in [0, 0.05) is 31.2 Å². The van der Waals surface area contributed by atoms with Gasteiger partial charge in [-0.2, -0.15) is 9.40 Å². The molecule has 0 radical (unpaired) electrons. The molecule has 3 aromatic rings. The zero-order valence-electron chi connectivity index (χ0n) is 19.4. The van der Waals surface area contributed by atoms with E-state index in [0.29, 0.717) is 25.8 Å². The Balaban J connectivity index is 1.25. The first kappa shape index (κ1) is 24.1. The number of amides is 1. The number of benzene rings is 2. The van der Waals surface area contributed by atoms with Gasteiger partial charge in [-0.3, -0.25) is 4.79 Å². The summed E-state index contributed by atoms with van der Waals surface area (Å²) in [5.74, 6) is -1.08. The molecule has 7 nitrogen and oxygen atoms in total. The van der Waals surface area contributed by atoms with Gasteiger partial charge in [-0.05, 0) is 69.0 Å². The molecule has 1 N–H and O–H groups in total. The number of sulfonamides is 1. The first-order valence-corrected chi connectivity index (χ1v) is 12.8. The molecule has 1 aliphatic heterocycles. The Morgan fingerprint density at radius 3 is 2.38 bits per heavy atom. The molecule has 0 bridgehead atoms. The van der Waals surface area contributed by atoms with Crippen LogP contribution in [0.25, 0.3) is 5.69 Å². The third-order valence-corrected chi connectivity index (χ3v) is 8.11. The van der Waals surface area contributed by atoms with E-state index in [1.165, 1.54) is 22.5 Å². The summed E-state index contributed by atoms with van der Waals surface area (Å²) in [6.45, 7) is 4.88. The van der Waals surface area contributed by atoms with E-state index in [9.17, 15) is 17.6 Å². The fourth-order valence-corrected chi connectivity index (χ4v) is 5.85. The zero-order chi connectivity index (χ0) is 24.3. The quantitative estimate of drug-likeness (QED) is 0.557.